The summed E-state index contributed by atoms with van der Waals surface area (Å²) < 4.78 is 6.98. The highest BCUT2D eigenvalue weighted by Gasteiger charge is 2.53. The van der Waals surface area contributed by atoms with E-state index in [2.05, 4.69) is 6.07 Å². The molecule has 35 heavy (non-hydrogen) atoms. The van der Waals surface area contributed by atoms with E-state index in [9.17, 15) is 4.79 Å². The summed E-state index contributed by atoms with van der Waals surface area (Å²) >= 11 is 13.3. The predicted molar refractivity (Wildman–Crippen MR) is 150 cm³/mol. The monoisotopic (exact) mass is 548 g/mol. The van der Waals surface area contributed by atoms with Crippen LogP contribution in [0, 0.1) is 23.7 Å². The van der Waals surface area contributed by atoms with E-state index in [1.807, 2.05) is 35.2 Å². The van der Waals surface area contributed by atoms with Crippen molar-refractivity contribution in [1.82, 2.24) is 4.90 Å². The number of rotatable bonds is 6. The largest absolute Gasteiger partial charge is 0.456 e. The second kappa shape index (κ2) is 10.2. The number of thiocarbonyl (C=S) groups is 1. The molecule has 2 N–H and O–H groups in total. The molecule has 2 heterocycles. The summed E-state index contributed by atoms with van der Waals surface area (Å²) in [6.45, 7) is 0.607. The van der Waals surface area contributed by atoms with Crippen LogP contribution in [0.4, 0.5) is 0 Å². The highest BCUT2D eigenvalue weighted by Crippen LogP contribution is 2.56. The topological polar surface area (TPSA) is 59.5 Å². The first-order valence-electron chi connectivity index (χ1n) is 12.4. The molecular formula is C27H30Cl2N2O2S2. The van der Waals surface area contributed by atoms with Crippen molar-refractivity contribution in [1.29, 1.82) is 0 Å². The third-order valence-corrected chi connectivity index (χ3v) is 9.76. The molecule has 1 amide bonds. The van der Waals surface area contributed by atoms with Crippen molar-refractivity contribution in [2.75, 3.05) is 6.54 Å². The number of hydrogen-bond donors (Lipinski definition) is 1. The molecule has 186 valence electrons. The lowest BCUT2D eigenvalue weighted by atomic mass is 9.54. The second-order valence-electron chi connectivity index (χ2n) is 10.4. The summed E-state index contributed by atoms with van der Waals surface area (Å²) in [5.74, 6) is 4.51. The first-order valence-corrected chi connectivity index (χ1v) is 14.0. The molecule has 0 spiro atoms. The number of carbonyl (C=O) groups excluding carboxylic acids is 1. The minimum Gasteiger partial charge on any atom is -0.456 e. The maximum absolute atomic E-state index is 13.7. The Morgan fingerprint density at radius 1 is 1.11 bits per heavy atom. The van der Waals surface area contributed by atoms with Crippen LogP contribution >= 0.6 is 48.0 Å². The molecule has 0 atom stereocenters. The van der Waals surface area contributed by atoms with Crippen molar-refractivity contribution in [3.63, 3.8) is 0 Å². The zero-order valence-corrected chi connectivity index (χ0v) is 22.7. The molecule has 0 radical (unpaired) electrons. The number of carbonyl (C=O) groups is 1. The Hall–Kier alpha value is -1.31. The summed E-state index contributed by atoms with van der Waals surface area (Å²) in [5.41, 5.74) is 7.80. The van der Waals surface area contributed by atoms with E-state index < -0.39 is 0 Å². The van der Waals surface area contributed by atoms with E-state index in [0.717, 1.165) is 47.3 Å². The fourth-order valence-electron chi connectivity index (χ4n) is 6.98. The molecule has 4 bridgehead atoms. The SMILES string of the molecule is Cl.NCCCc1cc(-c2ccc(Cl)cc2)oc1/C=C1\SC(=S)N(C2C3CC4CC(C3)CC2C4)C1=O. The third kappa shape index (κ3) is 4.73. The van der Waals surface area contributed by atoms with E-state index in [1.54, 1.807) is 0 Å². The first kappa shape index (κ1) is 25.3. The number of nitrogens with zero attached hydrogens (tertiary/aromatic N) is 1. The van der Waals surface area contributed by atoms with Crippen molar-refractivity contribution < 1.29 is 9.21 Å². The van der Waals surface area contributed by atoms with Crippen molar-refractivity contribution in [3.8, 4) is 11.3 Å². The summed E-state index contributed by atoms with van der Waals surface area (Å²) in [5, 5.41) is 0.687. The van der Waals surface area contributed by atoms with Gasteiger partial charge in [-0.15, -0.1) is 12.4 Å². The number of amides is 1. The van der Waals surface area contributed by atoms with Crippen LogP contribution in [-0.4, -0.2) is 27.7 Å². The number of aryl methyl sites for hydroxylation is 1. The summed E-state index contributed by atoms with van der Waals surface area (Å²) in [6, 6.07) is 9.95. The summed E-state index contributed by atoms with van der Waals surface area (Å²) in [7, 11) is 0. The van der Waals surface area contributed by atoms with Gasteiger partial charge in [0.15, 0.2) is 0 Å². The Morgan fingerprint density at radius 3 is 2.40 bits per heavy atom. The molecule has 8 heteroatoms. The lowest BCUT2D eigenvalue weighted by Crippen LogP contribution is -2.57. The summed E-state index contributed by atoms with van der Waals surface area (Å²) in [6.07, 6.45) is 10.0. The minimum atomic E-state index is 0. The number of hydrogen-bond acceptors (Lipinski definition) is 5. The Morgan fingerprint density at radius 2 is 1.77 bits per heavy atom. The average Bonchev–Trinajstić information content (AvgIpc) is 3.33. The van der Waals surface area contributed by atoms with Crippen molar-refractivity contribution in [2.24, 2.45) is 29.4 Å². The van der Waals surface area contributed by atoms with E-state index in [-0.39, 0.29) is 24.4 Å². The minimum absolute atomic E-state index is 0. The van der Waals surface area contributed by atoms with E-state index in [0.29, 0.717) is 32.6 Å². The highest BCUT2D eigenvalue weighted by atomic mass is 35.5. The molecule has 1 aromatic heterocycles. The molecular weight excluding hydrogens is 519 g/mol. The van der Waals surface area contributed by atoms with E-state index in [1.165, 1.54) is 43.9 Å². The van der Waals surface area contributed by atoms with Gasteiger partial charge < -0.3 is 10.2 Å². The van der Waals surface area contributed by atoms with Gasteiger partial charge >= 0.3 is 0 Å². The molecule has 2 aromatic rings. The zero-order valence-electron chi connectivity index (χ0n) is 19.5. The maximum Gasteiger partial charge on any atom is 0.266 e. The number of halogens is 2. The molecule has 1 aliphatic heterocycles. The smallest absolute Gasteiger partial charge is 0.266 e. The maximum atomic E-state index is 13.7. The molecule has 5 aliphatic rings. The average molecular weight is 550 g/mol. The van der Waals surface area contributed by atoms with Gasteiger partial charge in [-0.05, 0) is 111 Å². The van der Waals surface area contributed by atoms with Crippen LogP contribution < -0.4 is 5.73 Å². The van der Waals surface area contributed by atoms with Gasteiger partial charge in [0.25, 0.3) is 5.91 Å². The van der Waals surface area contributed by atoms with Gasteiger partial charge in [-0.3, -0.25) is 9.69 Å². The van der Waals surface area contributed by atoms with Crippen molar-refractivity contribution in [2.45, 2.75) is 51.0 Å². The quantitative estimate of drug-likeness (QED) is 0.313. The fraction of sp³-hybridized carbons (Fsp3) is 0.481. The predicted octanol–water partition coefficient (Wildman–Crippen LogP) is 6.94. The first-order chi connectivity index (χ1) is 16.5. The Labute approximate surface area is 227 Å². The van der Waals surface area contributed by atoms with Gasteiger partial charge in [0.2, 0.25) is 0 Å². The van der Waals surface area contributed by atoms with Gasteiger partial charge in [-0.1, -0.05) is 35.6 Å². The molecule has 4 aliphatic carbocycles. The fourth-order valence-corrected chi connectivity index (χ4v) is 8.43. The Kier molecular flexibility index (Phi) is 7.40. The van der Waals surface area contributed by atoms with Crippen LogP contribution in [0.3, 0.4) is 0 Å². The summed E-state index contributed by atoms with van der Waals surface area (Å²) in [4.78, 5) is 16.3. The zero-order chi connectivity index (χ0) is 23.4. The lowest BCUT2D eigenvalue weighted by molar-refractivity contribution is -0.130. The van der Waals surface area contributed by atoms with Crippen LogP contribution in [0.1, 0.15) is 49.8 Å². The van der Waals surface area contributed by atoms with E-state index in [4.69, 9.17) is 34.0 Å². The normalized spacial score (nSPS) is 30.4. The van der Waals surface area contributed by atoms with Crippen LogP contribution in [0.25, 0.3) is 17.4 Å². The molecule has 1 aromatic carbocycles. The van der Waals surface area contributed by atoms with Crippen LogP contribution in [-0.2, 0) is 11.2 Å². The van der Waals surface area contributed by atoms with Gasteiger partial charge in [-0.25, -0.2) is 0 Å². The van der Waals surface area contributed by atoms with Gasteiger partial charge in [-0.2, -0.15) is 0 Å². The number of thioether (sulfide) groups is 1. The van der Waals surface area contributed by atoms with Crippen LogP contribution in [0.5, 0.6) is 0 Å². The van der Waals surface area contributed by atoms with Crippen molar-refractivity contribution >= 4 is 64.3 Å². The van der Waals surface area contributed by atoms with Gasteiger partial charge in [0.05, 0.1) is 4.91 Å². The highest BCUT2D eigenvalue weighted by molar-refractivity contribution is 8.26. The Balaban J connectivity index is 0.00000253. The third-order valence-electron chi connectivity index (χ3n) is 8.18. The van der Waals surface area contributed by atoms with Gasteiger partial charge in [0, 0.05) is 22.7 Å². The number of benzene rings is 1. The second-order valence-corrected chi connectivity index (χ2v) is 12.5. The molecule has 5 fully saturated rings. The Bertz CT molecular complexity index is 1130. The number of nitrogens with two attached hydrogens (primary N) is 1. The van der Waals surface area contributed by atoms with Crippen LogP contribution in [0.2, 0.25) is 5.02 Å². The molecule has 1 saturated heterocycles. The molecule has 4 saturated carbocycles. The van der Waals surface area contributed by atoms with E-state index >= 15 is 0 Å². The molecule has 7 rings (SSSR count). The molecule has 0 unspecified atom stereocenters. The standard InChI is InChI=1S/C27H29ClN2O2S2.ClH/c28-21-5-3-17(4-6-21)22-13-18(2-1-7-29)23(32-22)14-24-26(31)30(27(33)34-24)25-19-9-15-8-16(11-19)12-20(25)10-15;/h3-6,13-16,19-20,25H,1-2,7-12,29H2;1H/b24-14-;. The van der Waals surface area contributed by atoms with Crippen LogP contribution in [0.15, 0.2) is 39.7 Å². The van der Waals surface area contributed by atoms with Crippen molar-refractivity contribution in [3.05, 3.63) is 51.6 Å². The molecule has 4 nitrogen and oxygen atoms in total. The van der Waals surface area contributed by atoms with Gasteiger partial charge in [0.1, 0.15) is 15.8 Å². The number of furan rings is 1. The lowest BCUT2D eigenvalue weighted by Gasteiger charge is -2.56.